The Hall–Kier alpha value is -2.90. The fraction of sp³-hybridized carbons (Fsp3) is 0.133. The number of amides is 1. The molecule has 2 N–H and O–H groups in total. The quantitative estimate of drug-likeness (QED) is 0.906. The van der Waals surface area contributed by atoms with Crippen molar-refractivity contribution in [3.05, 3.63) is 65.0 Å². The number of carboxylic acids is 1. The minimum atomic E-state index is -4.67. The van der Waals surface area contributed by atoms with Crippen molar-refractivity contribution in [2.24, 2.45) is 0 Å². The van der Waals surface area contributed by atoms with Crippen molar-refractivity contribution in [2.75, 3.05) is 0 Å². The number of pyridine rings is 1. The molecule has 8 heteroatoms. The molecule has 0 aliphatic carbocycles. The monoisotopic (exact) mass is 324 g/mol. The first-order valence-corrected chi connectivity index (χ1v) is 6.40. The fourth-order valence-corrected chi connectivity index (χ4v) is 1.88. The summed E-state index contributed by atoms with van der Waals surface area (Å²) in [4.78, 5) is 27.0. The maximum atomic E-state index is 12.7. The lowest BCUT2D eigenvalue weighted by atomic mass is 10.0. The van der Waals surface area contributed by atoms with Crippen LogP contribution in [0.5, 0.6) is 0 Å². The third-order valence-corrected chi connectivity index (χ3v) is 3.00. The molecule has 2 rings (SSSR count). The van der Waals surface area contributed by atoms with E-state index >= 15 is 0 Å². The van der Waals surface area contributed by atoms with E-state index in [1.54, 1.807) is 12.1 Å². The lowest BCUT2D eigenvalue weighted by Gasteiger charge is -2.12. The van der Waals surface area contributed by atoms with Gasteiger partial charge in [-0.15, -0.1) is 0 Å². The van der Waals surface area contributed by atoms with Gasteiger partial charge in [0.25, 0.3) is 5.91 Å². The van der Waals surface area contributed by atoms with Crippen LogP contribution in [-0.2, 0) is 12.7 Å². The Morgan fingerprint density at radius 2 is 1.91 bits per heavy atom. The molecule has 0 aliphatic rings. The van der Waals surface area contributed by atoms with E-state index in [1.807, 2.05) is 0 Å². The van der Waals surface area contributed by atoms with Gasteiger partial charge in [0.05, 0.1) is 16.7 Å². The smallest absolute Gasteiger partial charge is 0.416 e. The van der Waals surface area contributed by atoms with Crippen LogP contribution in [0.4, 0.5) is 13.2 Å². The highest BCUT2D eigenvalue weighted by Crippen LogP contribution is 2.30. The molecule has 1 aromatic carbocycles. The largest absolute Gasteiger partial charge is 0.478 e. The summed E-state index contributed by atoms with van der Waals surface area (Å²) < 4.78 is 38.2. The second-order valence-electron chi connectivity index (χ2n) is 4.61. The Morgan fingerprint density at radius 1 is 1.17 bits per heavy atom. The molecule has 1 heterocycles. The van der Waals surface area contributed by atoms with E-state index in [0.29, 0.717) is 17.7 Å². The Kier molecular flexibility index (Phi) is 4.63. The molecule has 0 saturated carbocycles. The van der Waals surface area contributed by atoms with Crippen molar-refractivity contribution in [3.8, 4) is 0 Å². The molecule has 2 aromatic rings. The molecule has 0 radical (unpaired) electrons. The van der Waals surface area contributed by atoms with Crippen LogP contribution in [0.3, 0.4) is 0 Å². The topological polar surface area (TPSA) is 79.3 Å². The minimum Gasteiger partial charge on any atom is -0.478 e. The average Bonchev–Trinajstić information content (AvgIpc) is 2.52. The molecule has 0 unspecified atom stereocenters. The molecule has 0 atom stereocenters. The Morgan fingerprint density at radius 3 is 2.48 bits per heavy atom. The van der Waals surface area contributed by atoms with Crippen LogP contribution in [0.1, 0.15) is 31.8 Å². The van der Waals surface area contributed by atoms with Crippen LogP contribution in [-0.4, -0.2) is 22.0 Å². The molecule has 0 bridgehead atoms. The third-order valence-electron chi connectivity index (χ3n) is 3.00. The van der Waals surface area contributed by atoms with Crippen molar-refractivity contribution in [2.45, 2.75) is 12.7 Å². The Labute approximate surface area is 128 Å². The zero-order chi connectivity index (χ0) is 17.0. The second-order valence-corrected chi connectivity index (χ2v) is 4.61. The van der Waals surface area contributed by atoms with E-state index < -0.39 is 34.7 Å². The van der Waals surface area contributed by atoms with Gasteiger partial charge in [-0.3, -0.25) is 9.78 Å². The van der Waals surface area contributed by atoms with Gasteiger partial charge in [-0.2, -0.15) is 13.2 Å². The predicted octanol–water partition coefficient (Wildman–Crippen LogP) is 2.73. The number of carbonyl (C=O) groups excluding carboxylic acids is 1. The highest BCUT2D eigenvalue weighted by molar-refractivity contribution is 6.04. The molecule has 120 valence electrons. The molecule has 1 aromatic heterocycles. The molecular weight excluding hydrogens is 313 g/mol. The van der Waals surface area contributed by atoms with Crippen LogP contribution in [0.25, 0.3) is 0 Å². The standard InChI is InChI=1S/C15H11F3N2O3/c16-15(17,18)10-3-4-11(14(22)23)12(6-10)13(21)20-8-9-2-1-5-19-7-9/h1-7H,8H2,(H,20,21)(H,22,23). The van der Waals surface area contributed by atoms with Crippen molar-refractivity contribution < 1.29 is 27.9 Å². The molecule has 0 saturated heterocycles. The highest BCUT2D eigenvalue weighted by atomic mass is 19.4. The van der Waals surface area contributed by atoms with Crippen molar-refractivity contribution in [3.63, 3.8) is 0 Å². The van der Waals surface area contributed by atoms with Crippen LogP contribution in [0.15, 0.2) is 42.7 Å². The summed E-state index contributed by atoms with van der Waals surface area (Å²) in [6.45, 7) is 0.0159. The van der Waals surface area contributed by atoms with Gasteiger partial charge < -0.3 is 10.4 Å². The number of hydrogen-bond donors (Lipinski definition) is 2. The minimum absolute atomic E-state index is 0.0159. The first kappa shape index (κ1) is 16.5. The Bertz CT molecular complexity index is 730. The maximum Gasteiger partial charge on any atom is 0.416 e. The maximum absolute atomic E-state index is 12.7. The normalized spacial score (nSPS) is 11.1. The number of aromatic carboxylic acids is 1. The summed E-state index contributed by atoms with van der Waals surface area (Å²) in [5, 5.41) is 11.4. The van der Waals surface area contributed by atoms with Crippen molar-refractivity contribution in [1.82, 2.24) is 10.3 Å². The number of alkyl halides is 3. The number of hydrogen-bond acceptors (Lipinski definition) is 3. The van der Waals surface area contributed by atoms with Gasteiger partial charge in [0.15, 0.2) is 0 Å². The van der Waals surface area contributed by atoms with E-state index in [-0.39, 0.29) is 6.54 Å². The Balaban J connectivity index is 2.28. The highest BCUT2D eigenvalue weighted by Gasteiger charge is 2.32. The summed E-state index contributed by atoms with van der Waals surface area (Å²) in [6.07, 6.45) is -1.67. The van der Waals surface area contributed by atoms with Gasteiger partial charge in [0, 0.05) is 18.9 Å². The van der Waals surface area contributed by atoms with Crippen LogP contribution in [0, 0.1) is 0 Å². The van der Waals surface area contributed by atoms with Crippen molar-refractivity contribution in [1.29, 1.82) is 0 Å². The number of nitrogens with zero attached hydrogens (tertiary/aromatic N) is 1. The predicted molar refractivity (Wildman–Crippen MR) is 73.8 cm³/mol. The molecule has 5 nitrogen and oxygen atoms in total. The SMILES string of the molecule is O=C(O)c1ccc(C(F)(F)F)cc1C(=O)NCc1cccnc1. The van der Waals surface area contributed by atoms with E-state index in [4.69, 9.17) is 5.11 Å². The summed E-state index contributed by atoms with van der Waals surface area (Å²) in [7, 11) is 0. The van der Waals surface area contributed by atoms with E-state index in [2.05, 4.69) is 10.3 Å². The molecule has 1 amide bonds. The van der Waals surface area contributed by atoms with Gasteiger partial charge in [0.2, 0.25) is 0 Å². The van der Waals surface area contributed by atoms with Gasteiger partial charge >= 0.3 is 12.1 Å². The summed E-state index contributed by atoms with van der Waals surface area (Å²) in [5.41, 5.74) is -1.50. The van der Waals surface area contributed by atoms with Gasteiger partial charge in [-0.05, 0) is 29.8 Å². The molecule has 0 aliphatic heterocycles. The zero-order valence-corrected chi connectivity index (χ0v) is 11.6. The number of halogens is 3. The lowest BCUT2D eigenvalue weighted by Crippen LogP contribution is -2.25. The van der Waals surface area contributed by atoms with E-state index in [9.17, 15) is 22.8 Å². The number of rotatable bonds is 4. The van der Waals surface area contributed by atoms with Gasteiger partial charge in [-0.1, -0.05) is 6.07 Å². The summed E-state index contributed by atoms with van der Waals surface area (Å²) >= 11 is 0. The number of carboxylic acid groups (broad SMARTS) is 1. The first-order valence-electron chi connectivity index (χ1n) is 6.40. The summed E-state index contributed by atoms with van der Waals surface area (Å²) in [5.74, 6) is -2.39. The van der Waals surface area contributed by atoms with E-state index in [1.165, 1.54) is 12.4 Å². The average molecular weight is 324 g/mol. The second kappa shape index (κ2) is 6.47. The third kappa shape index (κ3) is 4.06. The molecule has 0 spiro atoms. The number of benzene rings is 1. The summed E-state index contributed by atoms with van der Waals surface area (Å²) in [6, 6.07) is 5.22. The van der Waals surface area contributed by atoms with Crippen LogP contribution >= 0.6 is 0 Å². The number of carbonyl (C=O) groups is 2. The number of nitrogens with one attached hydrogen (secondary N) is 1. The van der Waals surface area contributed by atoms with E-state index in [0.717, 1.165) is 6.07 Å². The zero-order valence-electron chi connectivity index (χ0n) is 11.6. The fourth-order valence-electron chi connectivity index (χ4n) is 1.88. The van der Waals surface area contributed by atoms with Crippen LogP contribution in [0.2, 0.25) is 0 Å². The lowest BCUT2D eigenvalue weighted by molar-refractivity contribution is -0.137. The van der Waals surface area contributed by atoms with Gasteiger partial charge in [0.1, 0.15) is 0 Å². The number of aromatic nitrogens is 1. The van der Waals surface area contributed by atoms with Crippen molar-refractivity contribution >= 4 is 11.9 Å². The first-order chi connectivity index (χ1) is 10.8. The molecule has 23 heavy (non-hydrogen) atoms. The molecular formula is C15H11F3N2O3. The van der Waals surface area contributed by atoms with Crippen LogP contribution < -0.4 is 5.32 Å². The van der Waals surface area contributed by atoms with Gasteiger partial charge in [-0.25, -0.2) is 4.79 Å². The molecule has 0 fully saturated rings.